The second-order valence-corrected chi connectivity index (χ2v) is 9.32. The van der Waals surface area contributed by atoms with Crippen LogP contribution < -0.4 is 0 Å². The molecule has 1 amide bonds. The van der Waals surface area contributed by atoms with Crippen LogP contribution in [0.15, 0.2) is 24.3 Å². The van der Waals surface area contributed by atoms with Gasteiger partial charge in [0.25, 0.3) is 5.91 Å². The second-order valence-electron chi connectivity index (χ2n) is 9.32. The Morgan fingerprint density at radius 3 is 1.55 bits per heavy atom. The summed E-state index contributed by atoms with van der Waals surface area (Å²) in [6, 6.07) is 4.86. The lowest BCUT2D eigenvalue weighted by atomic mass is 10.1. The van der Waals surface area contributed by atoms with Crippen molar-refractivity contribution in [2.45, 2.75) is 123 Å². The molecule has 0 saturated heterocycles. The fourth-order valence-corrected chi connectivity index (χ4v) is 4.20. The summed E-state index contributed by atoms with van der Waals surface area (Å²) in [6.07, 6.45) is 14.4. The van der Waals surface area contributed by atoms with Crippen LogP contribution in [0.4, 0.5) is 13.2 Å². The van der Waals surface area contributed by atoms with E-state index in [2.05, 4.69) is 13.8 Å². The molecule has 0 bridgehead atoms. The van der Waals surface area contributed by atoms with Crippen molar-refractivity contribution >= 4 is 5.91 Å². The molecule has 0 aliphatic heterocycles. The fraction of sp³-hybridized carbons (Fsp3) is 0.750. The highest BCUT2D eigenvalue weighted by Crippen LogP contribution is 2.29. The van der Waals surface area contributed by atoms with Crippen LogP contribution in [0.5, 0.6) is 0 Å². The topological polar surface area (TPSA) is 20.3 Å². The summed E-state index contributed by atoms with van der Waals surface area (Å²) < 4.78 is 39.3. The van der Waals surface area contributed by atoms with Crippen molar-refractivity contribution in [3.63, 3.8) is 0 Å². The van der Waals surface area contributed by atoms with E-state index >= 15 is 0 Å². The summed E-state index contributed by atoms with van der Waals surface area (Å²) >= 11 is 0. The normalized spacial score (nSPS) is 11.7. The number of benzene rings is 1. The molecule has 0 heterocycles. The maximum atomic E-state index is 13.1. The predicted octanol–water partition coefficient (Wildman–Crippen LogP) is 9.43. The lowest BCUT2D eigenvalue weighted by Gasteiger charge is -2.23. The Labute approximate surface area is 200 Å². The van der Waals surface area contributed by atoms with Crippen LogP contribution in [0.25, 0.3) is 0 Å². The number of amides is 1. The van der Waals surface area contributed by atoms with Gasteiger partial charge in [0.05, 0.1) is 5.56 Å². The maximum absolute atomic E-state index is 13.1. The van der Waals surface area contributed by atoms with Crippen LogP contribution in [-0.2, 0) is 6.18 Å². The zero-order chi connectivity index (χ0) is 24.4. The summed E-state index contributed by atoms with van der Waals surface area (Å²) in [5, 5.41) is 0. The Balaban J connectivity index is 2.55. The van der Waals surface area contributed by atoms with Crippen molar-refractivity contribution in [3.8, 4) is 0 Å². The summed E-state index contributed by atoms with van der Waals surface area (Å²) in [5.41, 5.74) is -0.614. The first-order valence-electron chi connectivity index (χ1n) is 13.4. The van der Waals surface area contributed by atoms with Gasteiger partial charge in [-0.05, 0) is 31.0 Å². The Morgan fingerprint density at radius 2 is 1.12 bits per heavy atom. The van der Waals surface area contributed by atoms with Gasteiger partial charge < -0.3 is 4.90 Å². The van der Waals surface area contributed by atoms with E-state index in [1.54, 1.807) is 4.90 Å². The Morgan fingerprint density at radius 1 is 0.697 bits per heavy atom. The van der Waals surface area contributed by atoms with E-state index < -0.39 is 11.7 Å². The number of alkyl halides is 3. The van der Waals surface area contributed by atoms with Crippen LogP contribution >= 0.6 is 0 Å². The minimum atomic E-state index is -4.43. The Hall–Kier alpha value is -1.52. The molecule has 1 rings (SSSR count). The minimum Gasteiger partial charge on any atom is -0.339 e. The fourth-order valence-electron chi connectivity index (χ4n) is 4.20. The third-order valence-electron chi connectivity index (χ3n) is 6.29. The molecule has 1 aromatic carbocycles. The molecular formula is C28H46F3NO. The monoisotopic (exact) mass is 469 g/mol. The van der Waals surface area contributed by atoms with E-state index in [1.165, 1.54) is 76.3 Å². The van der Waals surface area contributed by atoms with Crippen LogP contribution in [0, 0.1) is 0 Å². The average Bonchev–Trinajstić information content (AvgIpc) is 2.80. The van der Waals surface area contributed by atoms with E-state index in [1.807, 2.05) is 0 Å². The highest BCUT2D eigenvalue weighted by Gasteiger charge is 2.31. The molecule has 0 saturated carbocycles. The number of hydrogen-bond donors (Lipinski definition) is 0. The van der Waals surface area contributed by atoms with Crippen molar-refractivity contribution < 1.29 is 18.0 Å². The van der Waals surface area contributed by atoms with Crippen molar-refractivity contribution in [3.05, 3.63) is 35.4 Å². The third-order valence-corrected chi connectivity index (χ3v) is 6.29. The van der Waals surface area contributed by atoms with Gasteiger partial charge in [0.1, 0.15) is 0 Å². The molecule has 5 heteroatoms. The Kier molecular flexibility index (Phi) is 16.0. The van der Waals surface area contributed by atoms with Gasteiger partial charge in [0, 0.05) is 18.7 Å². The zero-order valence-corrected chi connectivity index (χ0v) is 21.0. The van der Waals surface area contributed by atoms with Gasteiger partial charge >= 0.3 is 6.18 Å². The number of nitrogens with zero attached hydrogens (tertiary/aromatic N) is 1. The lowest BCUT2D eigenvalue weighted by molar-refractivity contribution is -0.137. The largest absolute Gasteiger partial charge is 0.416 e. The molecule has 0 aliphatic carbocycles. The number of carbonyl (C=O) groups is 1. The molecule has 0 radical (unpaired) electrons. The highest BCUT2D eigenvalue weighted by molar-refractivity contribution is 5.94. The first-order valence-corrected chi connectivity index (χ1v) is 13.4. The molecule has 0 aromatic heterocycles. The van der Waals surface area contributed by atoms with Gasteiger partial charge in [-0.2, -0.15) is 13.2 Å². The van der Waals surface area contributed by atoms with Crippen molar-refractivity contribution in [1.29, 1.82) is 0 Å². The molecule has 0 spiro atoms. The third kappa shape index (κ3) is 13.7. The lowest BCUT2D eigenvalue weighted by Crippen LogP contribution is -2.33. The summed E-state index contributed by atoms with van der Waals surface area (Å²) in [6.45, 7) is 5.67. The smallest absolute Gasteiger partial charge is 0.339 e. The van der Waals surface area contributed by atoms with Crippen LogP contribution in [0.3, 0.4) is 0 Å². The van der Waals surface area contributed by atoms with E-state index in [0.29, 0.717) is 13.1 Å². The summed E-state index contributed by atoms with van der Waals surface area (Å²) in [5.74, 6) is -0.271. The highest BCUT2D eigenvalue weighted by atomic mass is 19.4. The molecular weight excluding hydrogens is 423 g/mol. The van der Waals surface area contributed by atoms with Crippen LogP contribution in [0.2, 0.25) is 0 Å². The minimum absolute atomic E-state index is 0.143. The van der Waals surface area contributed by atoms with E-state index in [4.69, 9.17) is 0 Å². The molecule has 0 N–H and O–H groups in total. The maximum Gasteiger partial charge on any atom is 0.416 e. The molecule has 0 unspecified atom stereocenters. The second kappa shape index (κ2) is 17.9. The van der Waals surface area contributed by atoms with E-state index in [9.17, 15) is 18.0 Å². The first-order chi connectivity index (χ1) is 15.9. The van der Waals surface area contributed by atoms with Crippen molar-refractivity contribution in [2.24, 2.45) is 0 Å². The number of carbonyl (C=O) groups excluding carboxylic acids is 1. The van der Waals surface area contributed by atoms with Crippen LogP contribution in [0.1, 0.15) is 133 Å². The summed E-state index contributed by atoms with van der Waals surface area (Å²) in [7, 11) is 0. The molecule has 0 atom stereocenters. The molecule has 2 nitrogen and oxygen atoms in total. The average molecular weight is 470 g/mol. The molecule has 1 aromatic rings. The van der Waals surface area contributed by atoms with E-state index in [-0.39, 0.29) is 11.5 Å². The molecule has 0 fully saturated rings. The summed E-state index contributed by atoms with van der Waals surface area (Å²) in [4.78, 5) is 14.8. The molecule has 33 heavy (non-hydrogen) atoms. The van der Waals surface area contributed by atoms with Gasteiger partial charge in [-0.3, -0.25) is 4.79 Å². The molecule has 190 valence electrons. The standard InChI is InChI=1S/C28H46F3NO/c1-3-5-7-9-11-13-15-17-22-32(23-18-16-14-12-10-8-6-4-2)27(33)25-20-19-21-26(24-25)28(29,30)31/h19-21,24H,3-18,22-23H2,1-2H3. The van der Waals surface area contributed by atoms with E-state index in [0.717, 1.165) is 50.7 Å². The number of halogens is 3. The first kappa shape index (κ1) is 29.5. The number of unbranched alkanes of at least 4 members (excludes halogenated alkanes) is 14. The van der Waals surface area contributed by atoms with Crippen LogP contribution in [-0.4, -0.2) is 23.9 Å². The SMILES string of the molecule is CCCCCCCCCCN(CCCCCCCCCC)C(=O)c1cccc(C(F)(F)F)c1. The van der Waals surface area contributed by atoms with Gasteiger partial charge in [0.2, 0.25) is 0 Å². The van der Waals surface area contributed by atoms with Gasteiger partial charge in [-0.15, -0.1) is 0 Å². The predicted molar refractivity (Wildman–Crippen MR) is 133 cm³/mol. The molecule has 0 aliphatic rings. The quantitative estimate of drug-likeness (QED) is 0.185. The van der Waals surface area contributed by atoms with Gasteiger partial charge in [0.15, 0.2) is 0 Å². The van der Waals surface area contributed by atoms with Crippen molar-refractivity contribution in [1.82, 2.24) is 4.90 Å². The van der Waals surface area contributed by atoms with Crippen molar-refractivity contribution in [2.75, 3.05) is 13.1 Å². The van der Waals surface area contributed by atoms with Gasteiger partial charge in [-0.25, -0.2) is 0 Å². The zero-order valence-electron chi connectivity index (χ0n) is 21.0. The number of rotatable bonds is 19. The Bertz CT molecular complexity index is 610. The number of hydrogen-bond acceptors (Lipinski definition) is 1. The van der Waals surface area contributed by atoms with Gasteiger partial charge in [-0.1, -0.05) is 110 Å².